The predicted octanol–water partition coefficient (Wildman–Crippen LogP) is 1.38. The van der Waals surface area contributed by atoms with E-state index in [0.717, 1.165) is 5.56 Å². The van der Waals surface area contributed by atoms with Crippen LogP contribution in [0.25, 0.3) is 0 Å². The molecule has 0 amide bonds. The Labute approximate surface area is 73.0 Å². The van der Waals surface area contributed by atoms with Crippen LogP contribution in [0.15, 0.2) is 24.3 Å². The van der Waals surface area contributed by atoms with Crippen molar-refractivity contribution in [3.63, 3.8) is 0 Å². The Morgan fingerprint density at radius 1 is 1.50 bits per heavy atom. The Bertz CT molecular complexity index is 247. The van der Waals surface area contributed by atoms with Gasteiger partial charge in [0, 0.05) is 12.6 Å². The number of benzene rings is 1. The van der Waals surface area contributed by atoms with Gasteiger partial charge >= 0.3 is 0 Å². The molecule has 1 aromatic carbocycles. The summed E-state index contributed by atoms with van der Waals surface area (Å²) in [7, 11) is 0. The van der Waals surface area contributed by atoms with Gasteiger partial charge in [0.15, 0.2) is 0 Å². The third kappa shape index (κ3) is 2.32. The largest absolute Gasteiger partial charge is 0.396 e. The van der Waals surface area contributed by atoms with Crippen LogP contribution >= 0.6 is 0 Å². The van der Waals surface area contributed by atoms with Gasteiger partial charge in [-0.15, -0.1) is 0 Å². The zero-order valence-corrected chi connectivity index (χ0v) is 7.33. The van der Waals surface area contributed by atoms with Gasteiger partial charge in [-0.3, -0.25) is 0 Å². The summed E-state index contributed by atoms with van der Waals surface area (Å²) in [5, 5.41) is 8.69. The first-order chi connectivity index (χ1) is 5.74. The highest BCUT2D eigenvalue weighted by molar-refractivity contribution is 5.24. The Kier molecular flexibility index (Phi) is 3.26. The fourth-order valence-corrected chi connectivity index (χ4v) is 1.21. The first-order valence-electron chi connectivity index (χ1n) is 4.17. The number of rotatable bonds is 3. The summed E-state index contributed by atoms with van der Waals surface area (Å²) in [6.07, 6.45) is 0.628. The third-order valence-electron chi connectivity index (χ3n) is 1.91. The minimum absolute atomic E-state index is 0.0325. The van der Waals surface area contributed by atoms with Crippen molar-refractivity contribution in [3.8, 4) is 0 Å². The van der Waals surface area contributed by atoms with E-state index in [9.17, 15) is 0 Å². The van der Waals surface area contributed by atoms with E-state index < -0.39 is 0 Å². The second-order valence-corrected chi connectivity index (χ2v) is 3.03. The summed E-state index contributed by atoms with van der Waals surface area (Å²) in [5.74, 6) is 0. The quantitative estimate of drug-likeness (QED) is 0.710. The molecule has 0 spiro atoms. The monoisotopic (exact) mass is 165 g/mol. The first-order valence-corrected chi connectivity index (χ1v) is 4.17. The van der Waals surface area contributed by atoms with Crippen molar-refractivity contribution in [1.29, 1.82) is 0 Å². The minimum Gasteiger partial charge on any atom is -0.396 e. The molecule has 1 aromatic rings. The van der Waals surface area contributed by atoms with Crippen LogP contribution in [0.1, 0.15) is 23.6 Å². The van der Waals surface area contributed by atoms with E-state index >= 15 is 0 Å². The smallest absolute Gasteiger partial charge is 0.0449 e. The van der Waals surface area contributed by atoms with Gasteiger partial charge in [-0.25, -0.2) is 0 Å². The standard InChI is InChI=1S/C10H15NO/c1-8-3-2-4-9(7-8)10(11)5-6-12/h2-4,7,10,12H,5-6,11H2,1H3. The highest BCUT2D eigenvalue weighted by Gasteiger charge is 2.03. The molecular weight excluding hydrogens is 150 g/mol. The van der Waals surface area contributed by atoms with Gasteiger partial charge in [-0.1, -0.05) is 29.8 Å². The fourth-order valence-electron chi connectivity index (χ4n) is 1.21. The highest BCUT2D eigenvalue weighted by Crippen LogP contribution is 2.14. The topological polar surface area (TPSA) is 46.2 Å². The zero-order valence-electron chi connectivity index (χ0n) is 7.33. The second kappa shape index (κ2) is 4.24. The predicted molar refractivity (Wildman–Crippen MR) is 49.8 cm³/mol. The Balaban J connectivity index is 2.73. The van der Waals surface area contributed by atoms with Crippen molar-refractivity contribution in [2.45, 2.75) is 19.4 Å². The maximum Gasteiger partial charge on any atom is 0.0449 e. The van der Waals surface area contributed by atoms with Crippen LogP contribution in [0, 0.1) is 6.92 Å². The van der Waals surface area contributed by atoms with E-state index in [1.54, 1.807) is 0 Å². The number of aliphatic hydroxyl groups excluding tert-OH is 1. The molecular formula is C10H15NO. The lowest BCUT2D eigenvalue weighted by molar-refractivity contribution is 0.276. The molecule has 0 aliphatic heterocycles. The Morgan fingerprint density at radius 3 is 2.83 bits per heavy atom. The highest BCUT2D eigenvalue weighted by atomic mass is 16.3. The molecule has 0 saturated heterocycles. The number of hydrogen-bond acceptors (Lipinski definition) is 2. The lowest BCUT2D eigenvalue weighted by Gasteiger charge is -2.10. The average Bonchev–Trinajstić information content (AvgIpc) is 2.05. The third-order valence-corrected chi connectivity index (χ3v) is 1.91. The van der Waals surface area contributed by atoms with Crippen molar-refractivity contribution < 1.29 is 5.11 Å². The van der Waals surface area contributed by atoms with Crippen LogP contribution in [0.2, 0.25) is 0 Å². The van der Waals surface area contributed by atoms with E-state index in [1.165, 1.54) is 5.56 Å². The summed E-state index contributed by atoms with van der Waals surface area (Å²) in [6.45, 7) is 2.18. The van der Waals surface area contributed by atoms with Gasteiger partial charge < -0.3 is 10.8 Å². The van der Waals surface area contributed by atoms with Gasteiger partial charge in [-0.2, -0.15) is 0 Å². The average molecular weight is 165 g/mol. The molecule has 3 N–H and O–H groups in total. The van der Waals surface area contributed by atoms with E-state index in [2.05, 4.69) is 6.07 Å². The summed E-state index contributed by atoms with van der Waals surface area (Å²) in [5.41, 5.74) is 8.12. The van der Waals surface area contributed by atoms with Crippen molar-refractivity contribution >= 4 is 0 Å². The van der Waals surface area contributed by atoms with Crippen molar-refractivity contribution in [1.82, 2.24) is 0 Å². The van der Waals surface area contributed by atoms with Crippen molar-refractivity contribution in [3.05, 3.63) is 35.4 Å². The van der Waals surface area contributed by atoms with Crippen LogP contribution in [-0.4, -0.2) is 11.7 Å². The van der Waals surface area contributed by atoms with Gasteiger partial charge in [0.25, 0.3) is 0 Å². The molecule has 0 saturated carbocycles. The summed E-state index contributed by atoms with van der Waals surface area (Å²) in [6, 6.07) is 8.04. The van der Waals surface area contributed by atoms with E-state index in [4.69, 9.17) is 10.8 Å². The first kappa shape index (κ1) is 9.23. The molecule has 1 atom stereocenters. The second-order valence-electron chi connectivity index (χ2n) is 3.03. The van der Waals surface area contributed by atoms with E-state index in [1.807, 2.05) is 25.1 Å². The molecule has 66 valence electrons. The number of hydrogen-bond donors (Lipinski definition) is 2. The molecule has 0 heterocycles. The van der Waals surface area contributed by atoms with Gasteiger partial charge in [0.1, 0.15) is 0 Å². The fraction of sp³-hybridized carbons (Fsp3) is 0.400. The van der Waals surface area contributed by atoms with Crippen LogP contribution in [0.4, 0.5) is 0 Å². The molecule has 1 rings (SSSR count). The molecule has 0 bridgehead atoms. The summed E-state index contributed by atoms with van der Waals surface area (Å²) < 4.78 is 0. The summed E-state index contributed by atoms with van der Waals surface area (Å²) in [4.78, 5) is 0. The van der Waals surface area contributed by atoms with E-state index in [0.29, 0.717) is 6.42 Å². The van der Waals surface area contributed by atoms with Crippen LogP contribution in [0.5, 0.6) is 0 Å². The molecule has 0 aliphatic carbocycles. The van der Waals surface area contributed by atoms with Crippen molar-refractivity contribution in [2.75, 3.05) is 6.61 Å². The molecule has 2 nitrogen and oxygen atoms in total. The molecule has 0 aromatic heterocycles. The lowest BCUT2D eigenvalue weighted by atomic mass is 10.0. The normalized spacial score (nSPS) is 12.9. The number of aliphatic hydroxyl groups is 1. The van der Waals surface area contributed by atoms with Gasteiger partial charge in [0.2, 0.25) is 0 Å². The molecule has 1 unspecified atom stereocenters. The molecule has 0 aliphatic rings. The Morgan fingerprint density at radius 2 is 2.25 bits per heavy atom. The minimum atomic E-state index is -0.0325. The molecule has 0 fully saturated rings. The van der Waals surface area contributed by atoms with Crippen molar-refractivity contribution in [2.24, 2.45) is 5.73 Å². The lowest BCUT2D eigenvalue weighted by Crippen LogP contribution is -2.11. The van der Waals surface area contributed by atoms with E-state index in [-0.39, 0.29) is 12.6 Å². The molecule has 0 radical (unpaired) electrons. The number of aryl methyl sites for hydroxylation is 1. The number of nitrogens with two attached hydrogens (primary N) is 1. The maximum absolute atomic E-state index is 8.69. The summed E-state index contributed by atoms with van der Waals surface area (Å²) >= 11 is 0. The maximum atomic E-state index is 8.69. The Hall–Kier alpha value is -0.860. The zero-order chi connectivity index (χ0) is 8.97. The van der Waals surface area contributed by atoms with Crippen LogP contribution in [0.3, 0.4) is 0 Å². The van der Waals surface area contributed by atoms with Gasteiger partial charge in [0.05, 0.1) is 0 Å². The SMILES string of the molecule is Cc1cccc(C(N)CCO)c1. The van der Waals surface area contributed by atoms with Crippen LogP contribution < -0.4 is 5.73 Å². The van der Waals surface area contributed by atoms with Gasteiger partial charge in [-0.05, 0) is 18.9 Å². The molecule has 12 heavy (non-hydrogen) atoms. The van der Waals surface area contributed by atoms with Crippen LogP contribution in [-0.2, 0) is 0 Å². The molecule has 2 heteroatoms.